The summed E-state index contributed by atoms with van der Waals surface area (Å²) in [5.74, 6) is 0. The molecule has 7 heteroatoms. The average Bonchev–Trinajstić information content (AvgIpc) is 2.15. The van der Waals surface area contributed by atoms with Crippen LogP contribution in [-0.2, 0) is 0 Å². The van der Waals surface area contributed by atoms with Crippen LogP contribution in [0.2, 0.25) is 0 Å². The van der Waals surface area contributed by atoms with Gasteiger partial charge in [-0.15, -0.1) is 0 Å². The molecule has 0 aromatic carbocycles. The third-order valence-electron chi connectivity index (χ3n) is 1.11. The van der Waals surface area contributed by atoms with Crippen molar-refractivity contribution in [3.05, 3.63) is 0 Å². The minimum absolute atomic E-state index is 0.980. The number of urea groups is 1. The number of rotatable bonds is 2. The van der Waals surface area contributed by atoms with Crippen molar-refractivity contribution in [2.45, 2.75) is 26.1 Å². The fraction of sp³-hybridized carbons (Fsp3) is 0.857. The first-order valence-corrected chi connectivity index (χ1v) is 4.07. The summed E-state index contributed by atoms with van der Waals surface area (Å²) in [6, 6.07) is -3.19. The Kier molecular flexibility index (Phi) is 8.22. The Morgan fingerprint density at radius 3 is 2.07 bits per heavy atom. The molecule has 0 bridgehead atoms. The van der Waals surface area contributed by atoms with Gasteiger partial charge >= 0.3 is 12.2 Å². The molecule has 86 valence electrons. The number of halogens is 3. The van der Waals surface area contributed by atoms with E-state index in [1.54, 1.807) is 0 Å². The number of hydrogen-bond acceptors (Lipinski definition) is 2. The third kappa shape index (κ3) is 6.53. The van der Waals surface area contributed by atoms with Crippen molar-refractivity contribution < 1.29 is 23.1 Å². The summed E-state index contributed by atoms with van der Waals surface area (Å²) in [7, 11) is 1.18. The van der Waals surface area contributed by atoms with Gasteiger partial charge in [-0.3, -0.25) is 0 Å². The van der Waals surface area contributed by atoms with Gasteiger partial charge in [0.1, 0.15) is 6.04 Å². The van der Waals surface area contributed by atoms with Crippen LogP contribution in [-0.4, -0.2) is 37.0 Å². The van der Waals surface area contributed by atoms with Crippen LogP contribution in [0.3, 0.4) is 0 Å². The number of amides is 2. The van der Waals surface area contributed by atoms with E-state index in [0.717, 1.165) is 0 Å². The molecule has 0 aliphatic heterocycles. The standard InChI is InChI=1S/C5H9F3N2O2.C2H6/c1-9-4(12)10-3(2-11)5(6,7)8;1-2/h3,11H,2H2,1H3,(H2,9,10,12);1-2H3. The molecule has 3 N–H and O–H groups in total. The second-order valence-corrected chi connectivity index (χ2v) is 2.00. The smallest absolute Gasteiger partial charge is 0.394 e. The molecular formula is C7H15F3N2O2. The van der Waals surface area contributed by atoms with Crippen LogP contribution in [0.15, 0.2) is 0 Å². The SMILES string of the molecule is CC.CNC(=O)NC(CO)C(F)(F)F. The molecule has 1 atom stereocenters. The Labute approximate surface area is 80.5 Å². The molecule has 2 amide bonds. The Morgan fingerprint density at radius 2 is 1.86 bits per heavy atom. The maximum atomic E-state index is 11.8. The molecular weight excluding hydrogens is 201 g/mol. The minimum Gasteiger partial charge on any atom is -0.394 e. The van der Waals surface area contributed by atoms with Crippen LogP contribution in [0.1, 0.15) is 13.8 Å². The van der Waals surface area contributed by atoms with E-state index in [1.165, 1.54) is 12.4 Å². The highest BCUT2D eigenvalue weighted by molar-refractivity contribution is 5.73. The van der Waals surface area contributed by atoms with Crippen molar-refractivity contribution in [2.24, 2.45) is 0 Å². The van der Waals surface area contributed by atoms with Crippen LogP contribution in [0.4, 0.5) is 18.0 Å². The van der Waals surface area contributed by atoms with Gasteiger partial charge in [-0.25, -0.2) is 4.79 Å². The van der Waals surface area contributed by atoms with Crippen molar-refractivity contribution in [1.29, 1.82) is 0 Å². The van der Waals surface area contributed by atoms with Crippen molar-refractivity contribution in [2.75, 3.05) is 13.7 Å². The molecule has 0 aliphatic carbocycles. The number of hydrogen-bond donors (Lipinski definition) is 3. The summed E-state index contributed by atoms with van der Waals surface area (Å²) in [4.78, 5) is 10.4. The molecule has 1 unspecified atom stereocenters. The molecule has 0 aromatic heterocycles. The first-order valence-electron chi connectivity index (χ1n) is 4.07. The first kappa shape index (κ1) is 15.5. The lowest BCUT2D eigenvalue weighted by molar-refractivity contribution is -0.160. The van der Waals surface area contributed by atoms with Gasteiger partial charge in [0, 0.05) is 7.05 Å². The van der Waals surface area contributed by atoms with Gasteiger partial charge in [0.05, 0.1) is 6.61 Å². The fourth-order valence-electron chi connectivity index (χ4n) is 0.461. The normalized spacial score (nSPS) is 12.2. The molecule has 4 nitrogen and oxygen atoms in total. The fourth-order valence-corrected chi connectivity index (χ4v) is 0.461. The molecule has 0 saturated carbocycles. The van der Waals surface area contributed by atoms with Crippen LogP contribution in [0.5, 0.6) is 0 Å². The van der Waals surface area contributed by atoms with E-state index in [4.69, 9.17) is 5.11 Å². The van der Waals surface area contributed by atoms with Gasteiger partial charge in [0.2, 0.25) is 0 Å². The van der Waals surface area contributed by atoms with Crippen molar-refractivity contribution in [3.63, 3.8) is 0 Å². The Bertz CT molecular complexity index is 162. The summed E-state index contributed by atoms with van der Waals surface area (Å²) in [6.45, 7) is 2.83. The monoisotopic (exact) mass is 216 g/mol. The van der Waals surface area contributed by atoms with Crippen molar-refractivity contribution in [3.8, 4) is 0 Å². The van der Waals surface area contributed by atoms with Gasteiger partial charge < -0.3 is 15.7 Å². The van der Waals surface area contributed by atoms with Crippen LogP contribution < -0.4 is 10.6 Å². The topological polar surface area (TPSA) is 61.4 Å². The summed E-state index contributed by atoms with van der Waals surface area (Å²) in [6.07, 6.45) is -4.62. The van der Waals surface area contributed by atoms with E-state index < -0.39 is 24.9 Å². The Morgan fingerprint density at radius 1 is 1.43 bits per heavy atom. The quantitative estimate of drug-likeness (QED) is 0.641. The maximum absolute atomic E-state index is 11.8. The van der Waals surface area contributed by atoms with Gasteiger partial charge in [0.15, 0.2) is 0 Å². The molecule has 0 saturated heterocycles. The lowest BCUT2D eigenvalue weighted by Gasteiger charge is -2.18. The lowest BCUT2D eigenvalue weighted by atomic mass is 10.3. The zero-order chi connectivity index (χ0) is 11.8. The Hall–Kier alpha value is -0.980. The molecule has 0 aromatic rings. The van der Waals surface area contributed by atoms with Crippen LogP contribution >= 0.6 is 0 Å². The highest BCUT2D eigenvalue weighted by atomic mass is 19.4. The van der Waals surface area contributed by atoms with Crippen LogP contribution in [0, 0.1) is 0 Å². The zero-order valence-corrected chi connectivity index (χ0v) is 8.27. The molecule has 0 fully saturated rings. The molecule has 14 heavy (non-hydrogen) atoms. The molecule has 0 heterocycles. The van der Waals surface area contributed by atoms with Gasteiger partial charge in [0.25, 0.3) is 0 Å². The number of carbonyl (C=O) groups is 1. The average molecular weight is 216 g/mol. The van der Waals surface area contributed by atoms with E-state index >= 15 is 0 Å². The van der Waals surface area contributed by atoms with Crippen molar-refractivity contribution >= 4 is 6.03 Å². The predicted molar refractivity (Wildman–Crippen MR) is 45.9 cm³/mol. The summed E-state index contributed by atoms with van der Waals surface area (Å²) in [5.41, 5.74) is 0. The first-order chi connectivity index (χ1) is 6.41. The second kappa shape index (κ2) is 7.43. The highest BCUT2D eigenvalue weighted by Crippen LogP contribution is 2.19. The van der Waals surface area contributed by atoms with Gasteiger partial charge in [-0.2, -0.15) is 13.2 Å². The number of carbonyl (C=O) groups excluding carboxylic acids is 1. The zero-order valence-electron chi connectivity index (χ0n) is 8.27. The van der Waals surface area contributed by atoms with E-state index in [0.29, 0.717) is 0 Å². The summed E-state index contributed by atoms with van der Waals surface area (Å²) in [5, 5.41) is 11.7. The number of nitrogens with one attached hydrogen (secondary N) is 2. The molecule has 0 spiro atoms. The van der Waals surface area contributed by atoms with Crippen molar-refractivity contribution in [1.82, 2.24) is 10.6 Å². The third-order valence-corrected chi connectivity index (χ3v) is 1.11. The maximum Gasteiger partial charge on any atom is 0.410 e. The number of aliphatic hydroxyl groups is 1. The Balaban J connectivity index is 0. The van der Waals surface area contributed by atoms with E-state index in [-0.39, 0.29) is 0 Å². The van der Waals surface area contributed by atoms with Gasteiger partial charge in [-0.05, 0) is 0 Å². The van der Waals surface area contributed by atoms with E-state index in [1.807, 2.05) is 19.2 Å². The molecule has 0 radical (unpaired) electrons. The predicted octanol–water partition coefficient (Wildman–Crippen LogP) is 0.865. The minimum atomic E-state index is -4.62. The van der Waals surface area contributed by atoms with Gasteiger partial charge in [-0.1, -0.05) is 13.8 Å². The van der Waals surface area contributed by atoms with E-state index in [2.05, 4.69) is 0 Å². The molecule has 0 aliphatic rings. The van der Waals surface area contributed by atoms with E-state index in [9.17, 15) is 18.0 Å². The lowest BCUT2D eigenvalue weighted by Crippen LogP contribution is -2.50. The second-order valence-electron chi connectivity index (χ2n) is 2.00. The molecule has 0 rings (SSSR count). The number of aliphatic hydroxyl groups excluding tert-OH is 1. The highest BCUT2D eigenvalue weighted by Gasteiger charge is 2.40. The number of alkyl halides is 3. The van der Waals surface area contributed by atoms with Crippen LogP contribution in [0.25, 0.3) is 0 Å². The summed E-state index contributed by atoms with van der Waals surface area (Å²) < 4.78 is 35.4. The largest absolute Gasteiger partial charge is 0.410 e. The summed E-state index contributed by atoms with van der Waals surface area (Å²) >= 11 is 0.